The van der Waals surface area contributed by atoms with Gasteiger partial charge in [0, 0.05) is 57.3 Å². The lowest BCUT2D eigenvalue weighted by molar-refractivity contribution is 0.0938. The fourth-order valence-electron chi connectivity index (χ4n) is 3.51. The normalized spacial score (nSPS) is 23.6. The van der Waals surface area contributed by atoms with E-state index in [2.05, 4.69) is 15.1 Å². The lowest BCUT2D eigenvalue weighted by Gasteiger charge is -2.33. The predicted molar refractivity (Wildman–Crippen MR) is 91.9 cm³/mol. The molecule has 0 saturated carbocycles. The summed E-state index contributed by atoms with van der Waals surface area (Å²) in [7, 11) is 1.62. The van der Waals surface area contributed by atoms with Gasteiger partial charge < -0.3 is 25.6 Å². The Morgan fingerprint density at radius 3 is 2.83 bits per heavy atom. The van der Waals surface area contributed by atoms with Crippen molar-refractivity contribution in [3.05, 3.63) is 23.8 Å². The summed E-state index contributed by atoms with van der Waals surface area (Å²) in [5, 5.41) is 2.85. The molecule has 3 heterocycles. The van der Waals surface area contributed by atoms with Crippen molar-refractivity contribution in [2.24, 2.45) is 0 Å². The van der Waals surface area contributed by atoms with Crippen molar-refractivity contribution in [3.8, 4) is 0 Å². The van der Waals surface area contributed by atoms with Crippen molar-refractivity contribution in [3.63, 3.8) is 0 Å². The summed E-state index contributed by atoms with van der Waals surface area (Å²) >= 11 is 0. The van der Waals surface area contributed by atoms with Crippen molar-refractivity contribution in [2.75, 3.05) is 57.1 Å². The molecule has 0 radical (unpaired) electrons. The van der Waals surface area contributed by atoms with Crippen molar-refractivity contribution in [1.82, 2.24) is 10.2 Å². The van der Waals surface area contributed by atoms with Gasteiger partial charge in [0.1, 0.15) is 0 Å². The summed E-state index contributed by atoms with van der Waals surface area (Å²) in [4.78, 5) is 17.3. The molecule has 0 atom stereocenters. The molecule has 6 nitrogen and oxygen atoms in total. The van der Waals surface area contributed by atoms with Crippen molar-refractivity contribution < 1.29 is 9.53 Å². The summed E-state index contributed by atoms with van der Waals surface area (Å²) < 4.78 is 4.97. The van der Waals surface area contributed by atoms with Gasteiger partial charge in [-0.25, -0.2) is 0 Å². The average Bonchev–Trinajstić information content (AvgIpc) is 2.89. The van der Waals surface area contributed by atoms with Gasteiger partial charge >= 0.3 is 0 Å². The Balaban J connectivity index is 1.78. The lowest BCUT2D eigenvalue weighted by Crippen LogP contribution is -2.38. The van der Waals surface area contributed by atoms with Gasteiger partial charge in [-0.1, -0.05) is 0 Å². The van der Waals surface area contributed by atoms with E-state index in [9.17, 15) is 4.79 Å². The molecule has 0 spiro atoms. The predicted octanol–water partition coefficient (Wildman–Crippen LogP) is 0.929. The fourth-order valence-corrected chi connectivity index (χ4v) is 3.51. The van der Waals surface area contributed by atoms with Crippen LogP contribution in [0.4, 0.5) is 11.4 Å². The molecular formula is C17H26N4O2. The molecule has 23 heavy (non-hydrogen) atoms. The third kappa shape index (κ3) is 3.59. The standard InChI is InChI=1S/C17H26N4O2/c1-23-11-6-19-17(22)15-12-14(2-3-16(15)18)21-10-9-20-7-4-13(21)5-8-20/h2-3,12-13H,4-11,18H2,1H3,(H,19,22). The molecule has 1 aromatic carbocycles. The number of nitrogens with two attached hydrogens (primary N) is 1. The van der Waals surface area contributed by atoms with E-state index in [4.69, 9.17) is 10.5 Å². The second kappa shape index (κ2) is 7.19. The van der Waals surface area contributed by atoms with E-state index >= 15 is 0 Å². The van der Waals surface area contributed by atoms with Crippen LogP contribution in [0.1, 0.15) is 23.2 Å². The Morgan fingerprint density at radius 2 is 2.09 bits per heavy atom. The summed E-state index contributed by atoms with van der Waals surface area (Å²) in [5.74, 6) is -0.135. The molecule has 3 aliphatic rings. The molecule has 3 aliphatic heterocycles. The van der Waals surface area contributed by atoms with E-state index in [1.807, 2.05) is 18.2 Å². The molecule has 6 heteroatoms. The number of hydrogen-bond acceptors (Lipinski definition) is 5. The highest BCUT2D eigenvalue weighted by Crippen LogP contribution is 2.29. The zero-order valence-corrected chi connectivity index (χ0v) is 13.8. The minimum atomic E-state index is -0.135. The van der Waals surface area contributed by atoms with E-state index in [-0.39, 0.29) is 5.91 Å². The molecule has 3 saturated heterocycles. The number of benzene rings is 1. The smallest absolute Gasteiger partial charge is 0.253 e. The highest BCUT2D eigenvalue weighted by Gasteiger charge is 2.29. The van der Waals surface area contributed by atoms with Gasteiger partial charge in [-0.3, -0.25) is 4.79 Å². The van der Waals surface area contributed by atoms with Crippen LogP contribution >= 0.6 is 0 Å². The topological polar surface area (TPSA) is 70.8 Å². The molecule has 3 N–H and O–H groups in total. The van der Waals surface area contributed by atoms with Crippen molar-refractivity contribution in [1.29, 1.82) is 0 Å². The molecule has 4 rings (SSSR count). The number of amides is 1. The quantitative estimate of drug-likeness (QED) is 0.624. The van der Waals surface area contributed by atoms with Gasteiger partial charge in [0.05, 0.1) is 12.2 Å². The molecule has 1 amide bonds. The maximum absolute atomic E-state index is 12.3. The van der Waals surface area contributed by atoms with Gasteiger partial charge in [0.15, 0.2) is 0 Å². The van der Waals surface area contributed by atoms with E-state index < -0.39 is 0 Å². The Morgan fingerprint density at radius 1 is 1.30 bits per heavy atom. The Hall–Kier alpha value is -1.79. The number of nitrogens with zero attached hydrogens (tertiary/aromatic N) is 2. The summed E-state index contributed by atoms with van der Waals surface area (Å²) in [6, 6.07) is 6.39. The van der Waals surface area contributed by atoms with Gasteiger partial charge in [0.2, 0.25) is 0 Å². The number of rotatable bonds is 5. The first-order valence-electron chi connectivity index (χ1n) is 8.34. The number of nitrogens with one attached hydrogen (secondary N) is 1. The first kappa shape index (κ1) is 16.1. The monoisotopic (exact) mass is 318 g/mol. The SMILES string of the molecule is COCCNC(=O)c1cc(N2CCN3CCC2CC3)ccc1N. The number of piperidine rings is 1. The zero-order chi connectivity index (χ0) is 16.2. The van der Waals surface area contributed by atoms with Crippen LogP contribution < -0.4 is 16.0 Å². The molecule has 126 valence electrons. The van der Waals surface area contributed by atoms with Gasteiger partial charge in [0.25, 0.3) is 5.91 Å². The number of ether oxygens (including phenoxy) is 1. The first-order valence-corrected chi connectivity index (χ1v) is 8.34. The van der Waals surface area contributed by atoms with E-state index in [1.54, 1.807) is 7.11 Å². The van der Waals surface area contributed by atoms with Gasteiger partial charge in [-0.05, 0) is 31.0 Å². The molecule has 0 aliphatic carbocycles. The average molecular weight is 318 g/mol. The van der Waals surface area contributed by atoms with Gasteiger partial charge in [-0.2, -0.15) is 0 Å². The summed E-state index contributed by atoms with van der Waals surface area (Å²) in [5.41, 5.74) is 8.19. The number of methoxy groups -OCH3 is 1. The minimum absolute atomic E-state index is 0.135. The largest absolute Gasteiger partial charge is 0.398 e. The van der Waals surface area contributed by atoms with Crippen LogP contribution in [0.2, 0.25) is 0 Å². The molecular weight excluding hydrogens is 292 g/mol. The van der Waals surface area contributed by atoms with Crippen LogP contribution in [-0.2, 0) is 4.74 Å². The van der Waals surface area contributed by atoms with E-state index in [0.29, 0.717) is 30.4 Å². The van der Waals surface area contributed by atoms with Crippen LogP contribution in [0.3, 0.4) is 0 Å². The highest BCUT2D eigenvalue weighted by molar-refractivity contribution is 6.00. The Labute approximate surface area is 137 Å². The summed E-state index contributed by atoms with van der Waals surface area (Å²) in [6.07, 6.45) is 2.39. The maximum Gasteiger partial charge on any atom is 0.253 e. The number of fused-ring (bicyclic) bond motifs is 4. The van der Waals surface area contributed by atoms with Crippen LogP contribution in [0.5, 0.6) is 0 Å². The van der Waals surface area contributed by atoms with Crippen LogP contribution in [-0.4, -0.2) is 63.3 Å². The molecule has 0 aromatic heterocycles. The minimum Gasteiger partial charge on any atom is -0.398 e. The van der Waals surface area contributed by atoms with Crippen molar-refractivity contribution >= 4 is 17.3 Å². The Kier molecular flexibility index (Phi) is 5.03. The third-order valence-electron chi connectivity index (χ3n) is 4.86. The van der Waals surface area contributed by atoms with Crippen LogP contribution in [0.15, 0.2) is 18.2 Å². The lowest BCUT2D eigenvalue weighted by atomic mass is 10.0. The maximum atomic E-state index is 12.3. The number of anilines is 2. The number of nitrogen functional groups attached to an aromatic ring is 1. The third-order valence-corrected chi connectivity index (χ3v) is 4.86. The second-order valence-electron chi connectivity index (χ2n) is 6.29. The molecule has 1 aromatic rings. The molecule has 2 bridgehead atoms. The summed E-state index contributed by atoms with van der Waals surface area (Å²) in [6.45, 7) is 5.45. The number of hydrogen-bond donors (Lipinski definition) is 2. The first-order chi connectivity index (χ1) is 11.2. The number of carbonyl (C=O) groups excluding carboxylic acids is 1. The fraction of sp³-hybridized carbons (Fsp3) is 0.588. The van der Waals surface area contributed by atoms with Crippen LogP contribution in [0, 0.1) is 0 Å². The van der Waals surface area contributed by atoms with Gasteiger partial charge in [-0.15, -0.1) is 0 Å². The zero-order valence-electron chi connectivity index (χ0n) is 13.8. The van der Waals surface area contributed by atoms with Crippen LogP contribution in [0.25, 0.3) is 0 Å². The Bertz CT molecular complexity index is 556. The van der Waals surface area contributed by atoms with Crippen molar-refractivity contribution in [2.45, 2.75) is 18.9 Å². The second-order valence-corrected chi connectivity index (χ2v) is 6.29. The molecule has 3 fully saturated rings. The highest BCUT2D eigenvalue weighted by atomic mass is 16.5. The van der Waals surface area contributed by atoms with E-state index in [1.165, 1.54) is 25.9 Å². The molecule has 0 unspecified atom stereocenters. The number of carbonyl (C=O) groups is 1. The van der Waals surface area contributed by atoms with E-state index in [0.717, 1.165) is 18.8 Å².